The number of benzene rings is 2. The first-order chi connectivity index (χ1) is 11.3. The zero-order valence-corrected chi connectivity index (χ0v) is 15.2. The number of carbonyl (C=O) groups is 2. The summed E-state index contributed by atoms with van der Waals surface area (Å²) >= 11 is 7.81. The van der Waals surface area contributed by atoms with Crippen LogP contribution in [0.1, 0.15) is 15.9 Å². The van der Waals surface area contributed by atoms with E-state index in [9.17, 15) is 18.4 Å². The fourth-order valence-corrected chi connectivity index (χ4v) is 2.72. The summed E-state index contributed by atoms with van der Waals surface area (Å²) < 4.78 is 31.9. The first kappa shape index (κ1) is 18.6. The van der Waals surface area contributed by atoms with Crippen LogP contribution in [0.5, 0.6) is 0 Å². The highest BCUT2D eigenvalue weighted by atomic mass is 127. The van der Waals surface area contributed by atoms with E-state index in [1.807, 2.05) is 19.1 Å². The van der Waals surface area contributed by atoms with E-state index in [4.69, 9.17) is 16.3 Å². The number of nitrogens with one attached hydrogen (secondary N) is 1. The Morgan fingerprint density at radius 2 is 1.88 bits per heavy atom. The minimum Gasteiger partial charge on any atom is -0.452 e. The van der Waals surface area contributed by atoms with Gasteiger partial charge in [-0.15, -0.1) is 0 Å². The number of esters is 1. The van der Waals surface area contributed by atoms with Crippen molar-refractivity contribution in [3.63, 3.8) is 0 Å². The average molecular weight is 466 g/mol. The van der Waals surface area contributed by atoms with Gasteiger partial charge in [-0.25, -0.2) is 13.6 Å². The van der Waals surface area contributed by atoms with Crippen LogP contribution in [-0.2, 0) is 9.53 Å². The Kier molecular flexibility index (Phi) is 6.11. The molecule has 0 aliphatic carbocycles. The highest BCUT2D eigenvalue weighted by Gasteiger charge is 2.17. The normalized spacial score (nSPS) is 10.4. The SMILES string of the molecule is Cc1cc(I)ccc1NC(=O)COC(=O)c1cc(F)c(F)cc1Cl. The molecule has 24 heavy (non-hydrogen) atoms. The minimum atomic E-state index is -1.23. The molecule has 0 unspecified atom stereocenters. The van der Waals surface area contributed by atoms with Crippen molar-refractivity contribution in [1.29, 1.82) is 0 Å². The minimum absolute atomic E-state index is 0.298. The van der Waals surface area contributed by atoms with Crippen LogP contribution in [0.25, 0.3) is 0 Å². The zero-order chi connectivity index (χ0) is 17.9. The predicted octanol–water partition coefficient (Wildman–Crippen LogP) is 4.33. The Balaban J connectivity index is 1.99. The van der Waals surface area contributed by atoms with Crippen LogP contribution in [0.15, 0.2) is 30.3 Å². The maximum atomic E-state index is 13.2. The second kappa shape index (κ2) is 7.89. The van der Waals surface area contributed by atoms with Crippen molar-refractivity contribution >= 4 is 51.8 Å². The molecule has 0 fully saturated rings. The lowest BCUT2D eigenvalue weighted by molar-refractivity contribution is -0.119. The summed E-state index contributed by atoms with van der Waals surface area (Å²) in [4.78, 5) is 23.7. The van der Waals surface area contributed by atoms with Crippen molar-refractivity contribution < 1.29 is 23.1 Å². The molecule has 0 atom stereocenters. The molecule has 0 saturated carbocycles. The molecule has 1 N–H and O–H groups in total. The third kappa shape index (κ3) is 4.64. The van der Waals surface area contributed by atoms with Gasteiger partial charge in [-0.3, -0.25) is 4.79 Å². The van der Waals surface area contributed by atoms with E-state index in [-0.39, 0.29) is 10.6 Å². The molecule has 126 valence electrons. The summed E-state index contributed by atoms with van der Waals surface area (Å²) in [7, 11) is 0. The number of halogens is 4. The molecular formula is C16H11ClF2INO3. The average Bonchev–Trinajstić information content (AvgIpc) is 2.51. The van der Waals surface area contributed by atoms with Crippen molar-refractivity contribution in [2.75, 3.05) is 11.9 Å². The van der Waals surface area contributed by atoms with Gasteiger partial charge in [0.2, 0.25) is 0 Å². The second-order valence-electron chi connectivity index (χ2n) is 4.83. The van der Waals surface area contributed by atoms with E-state index in [1.165, 1.54) is 0 Å². The van der Waals surface area contributed by atoms with Gasteiger partial charge >= 0.3 is 5.97 Å². The van der Waals surface area contributed by atoms with E-state index in [0.29, 0.717) is 17.8 Å². The Hall–Kier alpha value is -1.74. The van der Waals surface area contributed by atoms with Crippen molar-refractivity contribution in [2.24, 2.45) is 0 Å². The molecule has 0 saturated heterocycles. The van der Waals surface area contributed by atoms with Crippen LogP contribution in [0.3, 0.4) is 0 Å². The topological polar surface area (TPSA) is 55.4 Å². The van der Waals surface area contributed by atoms with Crippen LogP contribution in [0.4, 0.5) is 14.5 Å². The smallest absolute Gasteiger partial charge is 0.340 e. The standard InChI is InChI=1S/C16H11ClF2INO3/c1-8-4-9(20)2-3-14(8)21-15(22)7-24-16(23)10-5-12(18)13(19)6-11(10)17/h2-6H,7H2,1H3,(H,21,22). The van der Waals surface area contributed by atoms with Crippen molar-refractivity contribution in [1.82, 2.24) is 0 Å². The van der Waals surface area contributed by atoms with Gasteiger partial charge in [0.1, 0.15) is 0 Å². The van der Waals surface area contributed by atoms with Crippen molar-refractivity contribution in [3.8, 4) is 0 Å². The molecule has 4 nitrogen and oxygen atoms in total. The molecule has 0 aliphatic rings. The zero-order valence-electron chi connectivity index (χ0n) is 12.3. The van der Waals surface area contributed by atoms with Gasteiger partial charge in [0.15, 0.2) is 18.2 Å². The van der Waals surface area contributed by atoms with Gasteiger partial charge in [0.25, 0.3) is 5.91 Å². The number of rotatable bonds is 4. The summed E-state index contributed by atoms with van der Waals surface area (Å²) in [6, 6.07) is 6.71. The number of amides is 1. The molecule has 0 spiro atoms. The van der Waals surface area contributed by atoms with Gasteiger partial charge in [0.05, 0.1) is 10.6 Å². The number of carbonyl (C=O) groups excluding carboxylic acids is 2. The van der Waals surface area contributed by atoms with E-state index >= 15 is 0 Å². The van der Waals surface area contributed by atoms with Crippen LogP contribution < -0.4 is 5.32 Å². The fourth-order valence-electron chi connectivity index (χ4n) is 1.84. The molecule has 0 aromatic heterocycles. The highest BCUT2D eigenvalue weighted by Crippen LogP contribution is 2.21. The molecule has 2 aromatic carbocycles. The molecule has 0 heterocycles. The first-order valence-electron chi connectivity index (χ1n) is 6.65. The number of anilines is 1. The summed E-state index contributed by atoms with van der Waals surface area (Å²) in [5.74, 6) is -3.99. The first-order valence-corrected chi connectivity index (χ1v) is 8.11. The Labute approximate surface area is 155 Å². The summed E-state index contributed by atoms with van der Waals surface area (Å²) in [6.45, 7) is 1.24. The third-order valence-electron chi connectivity index (χ3n) is 3.03. The number of ether oxygens (including phenoxy) is 1. The van der Waals surface area contributed by atoms with E-state index in [0.717, 1.165) is 9.13 Å². The molecule has 0 radical (unpaired) electrons. The largest absolute Gasteiger partial charge is 0.452 e. The Morgan fingerprint density at radius 3 is 2.54 bits per heavy atom. The molecule has 2 aromatic rings. The lowest BCUT2D eigenvalue weighted by atomic mass is 10.2. The van der Waals surface area contributed by atoms with E-state index in [2.05, 4.69) is 27.9 Å². The van der Waals surface area contributed by atoms with Gasteiger partial charge in [-0.2, -0.15) is 0 Å². The molecule has 0 bridgehead atoms. The van der Waals surface area contributed by atoms with Gasteiger partial charge in [-0.1, -0.05) is 11.6 Å². The lowest BCUT2D eigenvalue weighted by Crippen LogP contribution is -2.21. The number of hydrogen-bond acceptors (Lipinski definition) is 3. The molecule has 2 rings (SSSR count). The van der Waals surface area contributed by atoms with Crippen LogP contribution in [-0.4, -0.2) is 18.5 Å². The van der Waals surface area contributed by atoms with E-state index in [1.54, 1.807) is 6.07 Å². The van der Waals surface area contributed by atoms with Crippen LogP contribution >= 0.6 is 34.2 Å². The quantitative estimate of drug-likeness (QED) is 0.416. The summed E-state index contributed by atoms with van der Waals surface area (Å²) in [5.41, 5.74) is 1.08. The fraction of sp³-hybridized carbons (Fsp3) is 0.125. The Bertz CT molecular complexity index is 814. The van der Waals surface area contributed by atoms with Gasteiger partial charge in [-0.05, 0) is 65.4 Å². The maximum absolute atomic E-state index is 13.2. The van der Waals surface area contributed by atoms with Crippen LogP contribution in [0.2, 0.25) is 5.02 Å². The van der Waals surface area contributed by atoms with Gasteiger partial charge < -0.3 is 10.1 Å². The van der Waals surface area contributed by atoms with Crippen molar-refractivity contribution in [3.05, 3.63) is 61.7 Å². The van der Waals surface area contributed by atoms with Crippen LogP contribution in [0, 0.1) is 22.1 Å². The van der Waals surface area contributed by atoms with Crippen molar-refractivity contribution in [2.45, 2.75) is 6.92 Å². The monoisotopic (exact) mass is 465 g/mol. The number of hydrogen-bond donors (Lipinski definition) is 1. The third-order valence-corrected chi connectivity index (χ3v) is 4.01. The maximum Gasteiger partial charge on any atom is 0.340 e. The van der Waals surface area contributed by atoms with Gasteiger partial charge in [0, 0.05) is 9.26 Å². The Morgan fingerprint density at radius 1 is 1.21 bits per heavy atom. The second-order valence-corrected chi connectivity index (χ2v) is 6.48. The molecule has 0 aliphatic heterocycles. The highest BCUT2D eigenvalue weighted by molar-refractivity contribution is 14.1. The summed E-state index contributed by atoms with van der Waals surface area (Å²) in [5, 5.41) is 2.29. The lowest BCUT2D eigenvalue weighted by Gasteiger charge is -2.10. The number of aryl methyl sites for hydroxylation is 1. The molecule has 1 amide bonds. The predicted molar refractivity (Wildman–Crippen MR) is 94.2 cm³/mol. The molecule has 8 heteroatoms. The molecular weight excluding hydrogens is 455 g/mol. The van der Waals surface area contributed by atoms with E-state index < -0.39 is 30.1 Å². The summed E-state index contributed by atoms with van der Waals surface area (Å²) in [6.07, 6.45) is 0.